The van der Waals surface area contributed by atoms with Crippen LogP contribution < -0.4 is 0 Å². The minimum absolute atomic E-state index is 0.847. The Balaban J connectivity index is 2.07. The Morgan fingerprint density at radius 2 is 1.26 bits per heavy atom. The Labute approximate surface area is 131 Å². The summed E-state index contributed by atoms with van der Waals surface area (Å²) in [6, 6.07) is 4.13. The van der Waals surface area contributed by atoms with Crippen LogP contribution in [-0.4, -0.2) is 0 Å². The normalized spacial score (nSPS) is 14.7. The first kappa shape index (κ1) is 13.4. The summed E-state index contributed by atoms with van der Waals surface area (Å²) in [5.74, 6) is 0. The van der Waals surface area contributed by atoms with Crippen molar-refractivity contribution in [3.05, 3.63) is 53.8 Å². The minimum Gasteiger partial charge on any atom is -0.128 e. The highest BCUT2D eigenvalue weighted by atomic mass is 35.5. The summed E-state index contributed by atoms with van der Waals surface area (Å²) in [6.45, 7) is 4.24. The van der Waals surface area contributed by atoms with E-state index in [9.17, 15) is 0 Å². The van der Waals surface area contributed by atoms with Crippen LogP contribution in [0.15, 0.2) is 24.3 Å². The van der Waals surface area contributed by atoms with Gasteiger partial charge >= 0.3 is 0 Å². The van der Waals surface area contributed by atoms with E-state index in [2.05, 4.69) is 38.1 Å². The molecule has 2 aromatic rings. The second-order valence-electron chi connectivity index (χ2n) is 4.51. The van der Waals surface area contributed by atoms with E-state index in [0.29, 0.717) is 0 Å². The summed E-state index contributed by atoms with van der Waals surface area (Å²) in [5.41, 5.74) is 5.08. The molecule has 0 aliphatic heterocycles. The van der Waals surface area contributed by atoms with Gasteiger partial charge in [0.1, 0.15) is 0 Å². The predicted octanol–water partition coefficient (Wildman–Crippen LogP) is 6.60. The van der Waals surface area contributed by atoms with E-state index in [4.69, 9.17) is 23.2 Å². The quantitative estimate of drug-likeness (QED) is 0.582. The lowest BCUT2D eigenvalue weighted by Crippen LogP contribution is -1.87. The molecule has 0 saturated heterocycles. The number of thiophene rings is 2. The van der Waals surface area contributed by atoms with Gasteiger partial charge in [-0.25, -0.2) is 0 Å². The standard InChI is InChI=1S/C15H12Cl2S2/c1-8-12(6-14(16)18-8)10-4-3-5-11(10)13-7-15(17)19-9(13)2/h4-7H,3H2,1-2H3. The molecule has 19 heavy (non-hydrogen) atoms. The summed E-state index contributed by atoms with van der Waals surface area (Å²) in [7, 11) is 0. The highest BCUT2D eigenvalue weighted by molar-refractivity contribution is 7.16. The highest BCUT2D eigenvalue weighted by Gasteiger charge is 2.20. The van der Waals surface area contributed by atoms with Crippen molar-refractivity contribution in [2.24, 2.45) is 0 Å². The Morgan fingerprint density at radius 3 is 1.58 bits per heavy atom. The van der Waals surface area contributed by atoms with Gasteiger partial charge in [-0.15, -0.1) is 22.7 Å². The molecular weight excluding hydrogens is 315 g/mol. The second-order valence-corrected chi connectivity index (χ2v) is 8.29. The molecule has 1 aliphatic carbocycles. The van der Waals surface area contributed by atoms with E-state index in [0.717, 1.165) is 15.1 Å². The highest BCUT2D eigenvalue weighted by Crippen LogP contribution is 2.44. The molecule has 3 rings (SSSR count). The molecule has 98 valence electrons. The molecular formula is C15H12Cl2S2. The molecule has 2 aromatic heterocycles. The monoisotopic (exact) mass is 326 g/mol. The van der Waals surface area contributed by atoms with E-state index in [1.165, 1.54) is 32.0 Å². The topological polar surface area (TPSA) is 0 Å². The molecule has 0 nitrogen and oxygen atoms in total. The molecule has 0 bridgehead atoms. The van der Waals surface area contributed by atoms with Crippen LogP contribution >= 0.6 is 45.9 Å². The van der Waals surface area contributed by atoms with Gasteiger partial charge in [-0.1, -0.05) is 35.4 Å². The van der Waals surface area contributed by atoms with E-state index < -0.39 is 0 Å². The summed E-state index contributed by atoms with van der Waals surface area (Å²) < 4.78 is 1.69. The van der Waals surface area contributed by atoms with Gasteiger partial charge in [0.25, 0.3) is 0 Å². The molecule has 0 amide bonds. The third kappa shape index (κ3) is 2.43. The van der Waals surface area contributed by atoms with E-state index in [1.807, 2.05) is 0 Å². The van der Waals surface area contributed by atoms with Crippen LogP contribution in [0.25, 0.3) is 11.1 Å². The van der Waals surface area contributed by atoms with Crippen molar-refractivity contribution in [3.63, 3.8) is 0 Å². The van der Waals surface area contributed by atoms with Crippen molar-refractivity contribution in [2.45, 2.75) is 20.3 Å². The van der Waals surface area contributed by atoms with E-state index in [1.54, 1.807) is 22.7 Å². The third-order valence-corrected chi connectivity index (χ3v) is 5.65. The van der Waals surface area contributed by atoms with Crippen LogP contribution in [0.4, 0.5) is 0 Å². The van der Waals surface area contributed by atoms with Gasteiger partial charge in [-0.2, -0.15) is 0 Å². The molecule has 0 N–H and O–H groups in total. The Hall–Kier alpha value is -0.540. The number of halogens is 2. The van der Waals surface area contributed by atoms with Crippen molar-refractivity contribution in [1.29, 1.82) is 0 Å². The van der Waals surface area contributed by atoms with Crippen molar-refractivity contribution in [3.8, 4) is 0 Å². The second kappa shape index (κ2) is 5.10. The fourth-order valence-corrected chi connectivity index (χ4v) is 4.86. The van der Waals surface area contributed by atoms with Crippen LogP contribution in [0.3, 0.4) is 0 Å². The summed E-state index contributed by atoms with van der Waals surface area (Å²) in [5, 5.41) is 0. The fraction of sp³-hybridized carbons (Fsp3) is 0.200. The van der Waals surface area contributed by atoms with Gasteiger partial charge in [0.2, 0.25) is 0 Å². The number of aryl methyl sites for hydroxylation is 2. The minimum atomic E-state index is 0.847. The molecule has 0 radical (unpaired) electrons. The summed E-state index contributed by atoms with van der Waals surface area (Å²) >= 11 is 15.5. The zero-order valence-corrected chi connectivity index (χ0v) is 13.7. The van der Waals surface area contributed by atoms with Crippen LogP contribution in [0.1, 0.15) is 27.3 Å². The van der Waals surface area contributed by atoms with Crippen LogP contribution in [0.2, 0.25) is 8.67 Å². The van der Waals surface area contributed by atoms with Crippen LogP contribution in [0.5, 0.6) is 0 Å². The molecule has 1 aliphatic rings. The van der Waals surface area contributed by atoms with Gasteiger partial charge in [0.15, 0.2) is 0 Å². The molecule has 0 atom stereocenters. The average molecular weight is 327 g/mol. The smallest absolute Gasteiger partial charge is 0.0937 e. The average Bonchev–Trinajstić information content (AvgIpc) is 2.98. The molecule has 0 unspecified atom stereocenters. The summed E-state index contributed by atoms with van der Waals surface area (Å²) in [4.78, 5) is 2.53. The van der Waals surface area contributed by atoms with Gasteiger partial charge in [0, 0.05) is 9.75 Å². The molecule has 2 heterocycles. The molecule has 0 fully saturated rings. The first-order valence-electron chi connectivity index (χ1n) is 5.99. The zero-order valence-electron chi connectivity index (χ0n) is 10.6. The predicted molar refractivity (Wildman–Crippen MR) is 88.7 cm³/mol. The van der Waals surface area contributed by atoms with Crippen molar-refractivity contribution < 1.29 is 0 Å². The SMILES string of the molecule is Cc1sc(Cl)cc1C1=CCC=C1c1cc(Cl)sc1C. The van der Waals surface area contributed by atoms with Gasteiger partial charge < -0.3 is 0 Å². The van der Waals surface area contributed by atoms with Crippen LogP contribution in [0, 0.1) is 13.8 Å². The lowest BCUT2D eigenvalue weighted by Gasteiger charge is -2.08. The van der Waals surface area contributed by atoms with E-state index in [-0.39, 0.29) is 0 Å². The maximum Gasteiger partial charge on any atom is 0.0937 e. The Kier molecular flexibility index (Phi) is 3.61. The van der Waals surface area contributed by atoms with Gasteiger partial charge in [-0.05, 0) is 54.7 Å². The third-order valence-electron chi connectivity index (χ3n) is 3.29. The van der Waals surface area contributed by atoms with Crippen molar-refractivity contribution in [1.82, 2.24) is 0 Å². The molecule has 0 aromatic carbocycles. The largest absolute Gasteiger partial charge is 0.128 e. The maximum absolute atomic E-state index is 6.13. The number of allylic oxidation sites excluding steroid dienone is 4. The fourth-order valence-electron chi connectivity index (χ4n) is 2.45. The van der Waals surface area contributed by atoms with Crippen molar-refractivity contribution in [2.75, 3.05) is 0 Å². The number of hydrogen-bond donors (Lipinski definition) is 0. The molecule has 0 spiro atoms. The number of hydrogen-bond acceptors (Lipinski definition) is 2. The summed E-state index contributed by atoms with van der Waals surface area (Å²) in [6.07, 6.45) is 5.52. The maximum atomic E-state index is 6.13. The lowest BCUT2D eigenvalue weighted by molar-refractivity contribution is 1.45. The Bertz CT molecular complexity index is 642. The van der Waals surface area contributed by atoms with Crippen LogP contribution in [-0.2, 0) is 0 Å². The molecule has 4 heteroatoms. The van der Waals surface area contributed by atoms with Gasteiger partial charge in [0.05, 0.1) is 8.67 Å². The van der Waals surface area contributed by atoms with Crippen molar-refractivity contribution >= 4 is 57.0 Å². The van der Waals surface area contributed by atoms with E-state index >= 15 is 0 Å². The first-order chi connectivity index (χ1) is 9.06. The Morgan fingerprint density at radius 1 is 0.842 bits per heavy atom. The van der Waals surface area contributed by atoms with Gasteiger partial charge in [-0.3, -0.25) is 0 Å². The molecule has 0 saturated carbocycles. The first-order valence-corrected chi connectivity index (χ1v) is 8.38. The number of rotatable bonds is 2. The lowest BCUT2D eigenvalue weighted by atomic mass is 9.96. The zero-order chi connectivity index (χ0) is 13.6.